The van der Waals surface area contributed by atoms with Crippen LogP contribution in [0.25, 0.3) is 10.9 Å². The predicted molar refractivity (Wildman–Crippen MR) is 77.4 cm³/mol. The minimum absolute atomic E-state index is 0.211. The largest absolute Gasteiger partial charge is 0.370 e. The number of benzene rings is 2. The number of halogens is 1. The molecule has 4 rings (SSSR count). The first kappa shape index (κ1) is 11.5. The summed E-state index contributed by atoms with van der Waals surface area (Å²) in [4.78, 5) is 0. The average Bonchev–Trinajstić information content (AvgIpc) is 2.85. The summed E-state index contributed by atoms with van der Waals surface area (Å²) in [5.41, 5.74) is 1.94. The lowest BCUT2D eigenvalue weighted by Crippen LogP contribution is -2.24. The molecule has 1 aliphatic heterocycles. The van der Waals surface area contributed by atoms with Crippen molar-refractivity contribution in [3.63, 3.8) is 0 Å². The molecule has 1 aromatic heterocycles. The Hall–Kier alpha value is -2.36. The van der Waals surface area contributed by atoms with Gasteiger partial charge in [-0.2, -0.15) is 5.10 Å². The van der Waals surface area contributed by atoms with Crippen molar-refractivity contribution in [1.29, 1.82) is 0 Å². The normalized spacial score (nSPS) is 17.8. The molecule has 20 heavy (non-hydrogen) atoms. The maximum absolute atomic E-state index is 13.4. The molecule has 0 saturated carbocycles. The zero-order valence-electron chi connectivity index (χ0n) is 10.9. The maximum atomic E-state index is 13.4. The number of fused-ring (bicyclic) bond motifs is 3. The first-order valence-corrected chi connectivity index (χ1v) is 6.79. The molecule has 3 nitrogen and oxygen atoms in total. The van der Waals surface area contributed by atoms with Crippen molar-refractivity contribution < 1.29 is 4.39 Å². The van der Waals surface area contributed by atoms with Crippen molar-refractivity contribution in [1.82, 2.24) is 9.78 Å². The second-order valence-corrected chi connectivity index (χ2v) is 5.10. The zero-order chi connectivity index (χ0) is 13.5. The lowest BCUT2D eigenvalue weighted by Gasteiger charge is -2.26. The highest BCUT2D eigenvalue weighted by Gasteiger charge is 2.24. The second-order valence-electron chi connectivity index (χ2n) is 5.10. The fraction of sp³-hybridized carbons (Fsp3) is 0.188. The highest BCUT2D eigenvalue weighted by Crippen LogP contribution is 2.34. The number of hydrogen-bond donors (Lipinski definition) is 1. The molecular weight excluding hydrogens is 253 g/mol. The third kappa shape index (κ3) is 1.68. The molecule has 1 unspecified atom stereocenters. The number of nitrogens with zero attached hydrogens (tertiary/aromatic N) is 2. The quantitative estimate of drug-likeness (QED) is 0.730. The van der Waals surface area contributed by atoms with Gasteiger partial charge in [0.25, 0.3) is 0 Å². The van der Waals surface area contributed by atoms with Gasteiger partial charge in [-0.25, -0.2) is 9.07 Å². The van der Waals surface area contributed by atoms with Gasteiger partial charge in [-0.3, -0.25) is 0 Å². The van der Waals surface area contributed by atoms with Crippen LogP contribution in [0.4, 0.5) is 10.2 Å². The van der Waals surface area contributed by atoms with Gasteiger partial charge in [0.15, 0.2) is 0 Å². The van der Waals surface area contributed by atoms with Crippen LogP contribution in [0.1, 0.15) is 18.0 Å². The molecular formula is C16H14FN3. The molecule has 0 saturated heterocycles. The first-order chi connectivity index (χ1) is 9.83. The molecule has 2 aromatic carbocycles. The smallest absolute Gasteiger partial charge is 0.132 e. The van der Waals surface area contributed by atoms with E-state index in [-0.39, 0.29) is 11.9 Å². The Morgan fingerprint density at radius 2 is 2.00 bits per heavy atom. The second kappa shape index (κ2) is 4.34. The van der Waals surface area contributed by atoms with Crippen LogP contribution in [-0.4, -0.2) is 16.3 Å². The van der Waals surface area contributed by atoms with E-state index in [1.54, 1.807) is 6.07 Å². The molecule has 0 radical (unpaired) electrons. The van der Waals surface area contributed by atoms with Crippen LogP contribution in [0.2, 0.25) is 0 Å². The van der Waals surface area contributed by atoms with E-state index in [0.717, 1.165) is 24.2 Å². The van der Waals surface area contributed by atoms with Crippen molar-refractivity contribution in [3.8, 4) is 0 Å². The summed E-state index contributed by atoms with van der Waals surface area (Å²) in [5.74, 6) is 0.740. The Bertz CT molecular complexity index is 764. The Kier molecular flexibility index (Phi) is 2.49. The van der Waals surface area contributed by atoms with Gasteiger partial charge in [0, 0.05) is 18.0 Å². The number of anilines is 1. The predicted octanol–water partition coefficient (Wildman–Crippen LogP) is 3.58. The molecule has 1 atom stereocenters. The summed E-state index contributed by atoms with van der Waals surface area (Å²) in [6, 6.07) is 15.3. The molecule has 1 aliphatic rings. The highest BCUT2D eigenvalue weighted by atomic mass is 19.1. The van der Waals surface area contributed by atoms with E-state index in [0.29, 0.717) is 5.52 Å². The van der Waals surface area contributed by atoms with Gasteiger partial charge in [-0.05, 0) is 24.1 Å². The van der Waals surface area contributed by atoms with Gasteiger partial charge in [-0.15, -0.1) is 0 Å². The monoisotopic (exact) mass is 267 g/mol. The van der Waals surface area contributed by atoms with Crippen LogP contribution in [0.3, 0.4) is 0 Å². The van der Waals surface area contributed by atoms with Gasteiger partial charge in [0.1, 0.15) is 11.6 Å². The summed E-state index contributed by atoms with van der Waals surface area (Å²) in [7, 11) is 0. The van der Waals surface area contributed by atoms with Crippen LogP contribution in [0.5, 0.6) is 0 Å². The van der Waals surface area contributed by atoms with Crippen LogP contribution < -0.4 is 5.32 Å². The first-order valence-electron chi connectivity index (χ1n) is 6.79. The van der Waals surface area contributed by atoms with E-state index in [9.17, 15) is 4.39 Å². The molecule has 1 N–H and O–H groups in total. The molecule has 0 bridgehead atoms. The number of nitrogens with one attached hydrogen (secondary N) is 1. The molecule has 0 fully saturated rings. The average molecular weight is 267 g/mol. The topological polar surface area (TPSA) is 29.9 Å². The summed E-state index contributed by atoms with van der Waals surface area (Å²) in [6.07, 6.45) is 0.980. The molecule has 100 valence electrons. The highest BCUT2D eigenvalue weighted by molar-refractivity contribution is 5.90. The van der Waals surface area contributed by atoms with Crippen LogP contribution in [-0.2, 0) is 0 Å². The Morgan fingerprint density at radius 1 is 1.15 bits per heavy atom. The standard InChI is InChI=1S/C16H14FN3/c17-12-6-7-13-14(10-12)19-20-15(8-9-18-16(13)20)11-4-2-1-3-5-11/h1-7,10,15,18H,8-9H2. The SMILES string of the molecule is Fc1ccc2c3n(nc2c1)C(c1ccccc1)CCN3. The summed E-state index contributed by atoms with van der Waals surface area (Å²) < 4.78 is 15.3. The lowest BCUT2D eigenvalue weighted by molar-refractivity contribution is 0.485. The fourth-order valence-corrected chi connectivity index (χ4v) is 2.91. The number of hydrogen-bond acceptors (Lipinski definition) is 2. The van der Waals surface area contributed by atoms with Gasteiger partial charge in [-0.1, -0.05) is 30.3 Å². The van der Waals surface area contributed by atoms with Crippen LogP contribution in [0, 0.1) is 5.82 Å². The van der Waals surface area contributed by atoms with E-state index in [2.05, 4.69) is 22.5 Å². The number of rotatable bonds is 1. The molecule has 3 aromatic rings. The van der Waals surface area contributed by atoms with E-state index in [1.165, 1.54) is 17.7 Å². The van der Waals surface area contributed by atoms with Crippen molar-refractivity contribution in [2.45, 2.75) is 12.5 Å². The van der Waals surface area contributed by atoms with Crippen molar-refractivity contribution in [3.05, 3.63) is 59.9 Å². The van der Waals surface area contributed by atoms with Crippen LogP contribution in [0.15, 0.2) is 48.5 Å². The van der Waals surface area contributed by atoms with E-state index in [1.807, 2.05) is 22.9 Å². The summed E-state index contributed by atoms with van der Waals surface area (Å²) in [5, 5.41) is 8.95. The number of aromatic nitrogens is 2. The van der Waals surface area contributed by atoms with Crippen molar-refractivity contribution >= 4 is 16.7 Å². The minimum atomic E-state index is -0.246. The maximum Gasteiger partial charge on any atom is 0.132 e. The Morgan fingerprint density at radius 3 is 2.85 bits per heavy atom. The van der Waals surface area contributed by atoms with Crippen molar-refractivity contribution in [2.24, 2.45) is 0 Å². The van der Waals surface area contributed by atoms with Crippen LogP contribution >= 0.6 is 0 Å². The van der Waals surface area contributed by atoms with Gasteiger partial charge < -0.3 is 5.32 Å². The van der Waals surface area contributed by atoms with E-state index < -0.39 is 0 Å². The minimum Gasteiger partial charge on any atom is -0.370 e. The van der Waals surface area contributed by atoms with Gasteiger partial charge in [0.2, 0.25) is 0 Å². The fourth-order valence-electron chi connectivity index (χ4n) is 2.91. The zero-order valence-corrected chi connectivity index (χ0v) is 10.9. The van der Waals surface area contributed by atoms with Crippen molar-refractivity contribution in [2.75, 3.05) is 11.9 Å². The molecule has 0 amide bonds. The lowest BCUT2D eigenvalue weighted by atomic mass is 10.0. The van der Waals surface area contributed by atoms with E-state index >= 15 is 0 Å². The third-order valence-corrected chi connectivity index (χ3v) is 3.85. The summed E-state index contributed by atoms with van der Waals surface area (Å²) >= 11 is 0. The Labute approximate surface area is 116 Å². The molecule has 4 heteroatoms. The third-order valence-electron chi connectivity index (χ3n) is 3.85. The molecule has 2 heterocycles. The van der Waals surface area contributed by atoms with Gasteiger partial charge >= 0.3 is 0 Å². The van der Waals surface area contributed by atoms with Gasteiger partial charge in [0.05, 0.1) is 11.6 Å². The molecule has 0 spiro atoms. The Balaban J connectivity index is 1.91. The molecule has 0 aliphatic carbocycles. The summed E-state index contributed by atoms with van der Waals surface area (Å²) in [6.45, 7) is 0.901. The van der Waals surface area contributed by atoms with E-state index in [4.69, 9.17) is 0 Å².